The Labute approximate surface area is 113 Å². The van der Waals surface area contributed by atoms with E-state index in [1.807, 2.05) is 13.8 Å². The van der Waals surface area contributed by atoms with E-state index in [4.69, 9.17) is 11.6 Å². The van der Waals surface area contributed by atoms with E-state index in [0.29, 0.717) is 0 Å². The molecule has 0 spiro atoms. The predicted molar refractivity (Wildman–Crippen MR) is 67.4 cm³/mol. The van der Waals surface area contributed by atoms with E-state index in [-0.39, 0.29) is 22.3 Å². The van der Waals surface area contributed by atoms with Crippen molar-refractivity contribution in [1.29, 1.82) is 0 Å². The third-order valence-corrected chi connectivity index (χ3v) is 2.93. The van der Waals surface area contributed by atoms with E-state index in [9.17, 15) is 13.6 Å². The summed E-state index contributed by atoms with van der Waals surface area (Å²) in [6, 6.07) is 3.32. The smallest absolute Gasteiger partial charge is 0.215 e. The zero-order chi connectivity index (χ0) is 14.2. The lowest BCUT2D eigenvalue weighted by atomic mass is 10.1. The molecule has 0 unspecified atom stereocenters. The maximum Gasteiger partial charge on any atom is 0.215 e. The van der Waals surface area contributed by atoms with Gasteiger partial charge in [0, 0.05) is 6.04 Å². The first-order valence-corrected chi connectivity index (χ1v) is 6.03. The summed E-state index contributed by atoms with van der Waals surface area (Å²) in [7, 11) is 0. The van der Waals surface area contributed by atoms with Crippen LogP contribution in [-0.2, 0) is 0 Å². The molecule has 0 fully saturated rings. The number of carbonyl (C=O) groups excluding carboxylic acids is 1. The number of ketones is 1. The normalized spacial score (nSPS) is 11.1. The molecule has 0 atom stereocenters. The van der Waals surface area contributed by atoms with Crippen LogP contribution in [0.3, 0.4) is 0 Å². The van der Waals surface area contributed by atoms with Crippen LogP contribution in [0.15, 0.2) is 24.4 Å². The molecule has 0 amide bonds. The molecule has 1 heterocycles. The van der Waals surface area contributed by atoms with Crippen LogP contribution in [0.25, 0.3) is 0 Å². The van der Waals surface area contributed by atoms with Crippen molar-refractivity contribution in [2.24, 2.45) is 0 Å². The molecule has 0 radical (unpaired) electrons. The largest absolute Gasteiger partial charge is 0.287 e. The Morgan fingerprint density at radius 1 is 1.37 bits per heavy atom. The quantitative estimate of drug-likeness (QED) is 0.807. The first kappa shape index (κ1) is 13.7. The Hall–Kier alpha value is -1.75. The van der Waals surface area contributed by atoms with Gasteiger partial charge < -0.3 is 0 Å². The van der Waals surface area contributed by atoms with E-state index >= 15 is 0 Å². The van der Waals surface area contributed by atoms with Crippen LogP contribution in [0.5, 0.6) is 0 Å². The number of hydrogen-bond donors (Lipinski definition) is 0. The molecule has 2 rings (SSSR count). The third kappa shape index (κ3) is 2.38. The Balaban J connectivity index is 2.56. The van der Waals surface area contributed by atoms with Crippen LogP contribution in [0.4, 0.5) is 8.78 Å². The molecule has 0 N–H and O–H groups in total. The first-order valence-electron chi connectivity index (χ1n) is 5.65. The highest BCUT2D eigenvalue weighted by Crippen LogP contribution is 2.24. The standard InChI is InChI=1S/C13H11ClF2N2O/c1-7(2)18-12(9(14)6-17-18)13(19)8-4-3-5-10(15)11(8)16/h3-7H,1-2H3. The lowest BCUT2D eigenvalue weighted by Crippen LogP contribution is -2.15. The topological polar surface area (TPSA) is 34.9 Å². The molecule has 0 aliphatic rings. The van der Waals surface area contributed by atoms with Crippen LogP contribution >= 0.6 is 11.6 Å². The van der Waals surface area contributed by atoms with Gasteiger partial charge in [0.1, 0.15) is 5.69 Å². The monoisotopic (exact) mass is 284 g/mol. The van der Waals surface area contributed by atoms with Crippen LogP contribution in [0, 0.1) is 11.6 Å². The van der Waals surface area contributed by atoms with Crippen LogP contribution in [0.1, 0.15) is 35.9 Å². The molecule has 1 aromatic heterocycles. The number of rotatable bonds is 3. The van der Waals surface area contributed by atoms with Crippen molar-refractivity contribution >= 4 is 17.4 Å². The number of nitrogens with zero attached hydrogens (tertiary/aromatic N) is 2. The number of carbonyl (C=O) groups is 1. The van der Waals surface area contributed by atoms with Crippen molar-refractivity contribution in [3.63, 3.8) is 0 Å². The van der Waals surface area contributed by atoms with E-state index in [1.165, 1.54) is 23.0 Å². The number of halogens is 3. The molecule has 2 aromatic rings. The lowest BCUT2D eigenvalue weighted by molar-refractivity contribution is 0.102. The summed E-state index contributed by atoms with van der Waals surface area (Å²) in [5, 5.41) is 4.07. The fraction of sp³-hybridized carbons (Fsp3) is 0.231. The molecule has 0 saturated heterocycles. The van der Waals surface area contributed by atoms with Crippen molar-refractivity contribution in [3.8, 4) is 0 Å². The van der Waals surface area contributed by atoms with Gasteiger partial charge >= 0.3 is 0 Å². The van der Waals surface area contributed by atoms with E-state index < -0.39 is 17.4 Å². The zero-order valence-corrected chi connectivity index (χ0v) is 11.1. The minimum atomic E-state index is -1.18. The number of aromatic nitrogens is 2. The third-order valence-electron chi connectivity index (χ3n) is 2.65. The van der Waals surface area contributed by atoms with Crippen molar-refractivity contribution in [3.05, 3.63) is 52.3 Å². The molecule has 3 nitrogen and oxygen atoms in total. The van der Waals surface area contributed by atoms with Crippen LogP contribution in [-0.4, -0.2) is 15.6 Å². The molecule has 0 saturated carbocycles. The Bertz CT molecular complexity index is 638. The Kier molecular flexibility index (Phi) is 3.66. The van der Waals surface area contributed by atoms with E-state index in [2.05, 4.69) is 5.10 Å². The Morgan fingerprint density at radius 3 is 2.68 bits per heavy atom. The summed E-state index contributed by atoms with van der Waals surface area (Å²) in [5.74, 6) is -2.94. The summed E-state index contributed by atoms with van der Waals surface area (Å²) >= 11 is 5.91. The second-order valence-corrected chi connectivity index (χ2v) is 4.72. The van der Waals surface area contributed by atoms with Gasteiger partial charge in [0.25, 0.3) is 0 Å². The van der Waals surface area contributed by atoms with Crippen LogP contribution in [0.2, 0.25) is 5.02 Å². The summed E-state index contributed by atoms with van der Waals surface area (Å²) in [6.07, 6.45) is 1.31. The SMILES string of the molecule is CC(C)n1ncc(Cl)c1C(=O)c1cccc(F)c1F. The molecule has 100 valence electrons. The van der Waals surface area contributed by atoms with Gasteiger partial charge in [-0.15, -0.1) is 0 Å². The second kappa shape index (κ2) is 5.09. The second-order valence-electron chi connectivity index (χ2n) is 4.31. The fourth-order valence-electron chi connectivity index (χ4n) is 1.75. The molecular formula is C13H11ClF2N2O. The minimum Gasteiger partial charge on any atom is -0.287 e. The Morgan fingerprint density at radius 2 is 2.05 bits per heavy atom. The van der Waals surface area contributed by atoms with Gasteiger partial charge in [-0.1, -0.05) is 17.7 Å². The molecule has 6 heteroatoms. The highest BCUT2D eigenvalue weighted by molar-refractivity contribution is 6.34. The minimum absolute atomic E-state index is 0.0566. The van der Waals surface area contributed by atoms with Gasteiger partial charge in [-0.05, 0) is 26.0 Å². The highest BCUT2D eigenvalue weighted by atomic mass is 35.5. The van der Waals surface area contributed by atoms with Gasteiger partial charge in [-0.2, -0.15) is 5.10 Å². The maximum absolute atomic E-state index is 13.6. The van der Waals surface area contributed by atoms with Gasteiger partial charge in [-0.25, -0.2) is 8.78 Å². The zero-order valence-electron chi connectivity index (χ0n) is 10.3. The summed E-state index contributed by atoms with van der Waals surface area (Å²) in [6.45, 7) is 3.62. The molecule has 19 heavy (non-hydrogen) atoms. The van der Waals surface area contributed by atoms with Crippen molar-refractivity contribution < 1.29 is 13.6 Å². The highest BCUT2D eigenvalue weighted by Gasteiger charge is 2.24. The first-order chi connectivity index (χ1) is 8.93. The van der Waals surface area contributed by atoms with E-state index in [0.717, 1.165) is 6.07 Å². The average Bonchev–Trinajstić information content (AvgIpc) is 2.74. The lowest BCUT2D eigenvalue weighted by Gasteiger charge is -2.11. The number of benzene rings is 1. The summed E-state index contributed by atoms with van der Waals surface area (Å²) < 4.78 is 28.2. The fourth-order valence-corrected chi connectivity index (χ4v) is 1.97. The van der Waals surface area contributed by atoms with Gasteiger partial charge in [0.15, 0.2) is 11.6 Å². The molecule has 0 aliphatic carbocycles. The maximum atomic E-state index is 13.6. The molecule has 1 aromatic carbocycles. The van der Waals surface area contributed by atoms with Gasteiger partial charge in [0.2, 0.25) is 5.78 Å². The van der Waals surface area contributed by atoms with Crippen molar-refractivity contribution in [2.75, 3.05) is 0 Å². The van der Waals surface area contributed by atoms with E-state index in [1.54, 1.807) is 0 Å². The van der Waals surface area contributed by atoms with Gasteiger partial charge in [0.05, 0.1) is 16.8 Å². The number of hydrogen-bond acceptors (Lipinski definition) is 2. The summed E-state index contributed by atoms with van der Waals surface area (Å²) in [5.41, 5.74) is -0.300. The predicted octanol–water partition coefficient (Wildman–Crippen LogP) is 3.63. The molecule has 0 aliphatic heterocycles. The molecular weight excluding hydrogens is 274 g/mol. The van der Waals surface area contributed by atoms with Crippen molar-refractivity contribution in [2.45, 2.75) is 19.9 Å². The summed E-state index contributed by atoms with van der Waals surface area (Å²) in [4.78, 5) is 12.3. The van der Waals surface area contributed by atoms with Gasteiger partial charge in [-0.3, -0.25) is 9.48 Å². The average molecular weight is 285 g/mol. The molecule has 0 bridgehead atoms. The van der Waals surface area contributed by atoms with Crippen LogP contribution < -0.4 is 0 Å². The van der Waals surface area contributed by atoms with Crippen molar-refractivity contribution in [1.82, 2.24) is 9.78 Å².